The largest absolute Gasteiger partial charge is 0.407 e. The first kappa shape index (κ1) is 25.6. The minimum Gasteiger partial charge on any atom is -0.336 e. The molecule has 2 atom stereocenters. The van der Waals surface area contributed by atoms with Gasteiger partial charge in [0.25, 0.3) is 0 Å². The van der Waals surface area contributed by atoms with E-state index < -0.39 is 56.7 Å². The lowest BCUT2D eigenvalue weighted by Gasteiger charge is -2.28. The summed E-state index contributed by atoms with van der Waals surface area (Å²) in [6, 6.07) is 12.3. The lowest BCUT2D eigenvalue weighted by atomic mass is 10.0. The van der Waals surface area contributed by atoms with E-state index in [9.17, 15) is 36.0 Å². The number of nitrogens with zero attached hydrogens (tertiary/aromatic N) is 1. The van der Waals surface area contributed by atoms with Crippen LogP contribution in [0.25, 0.3) is 10.8 Å². The lowest BCUT2D eigenvalue weighted by molar-refractivity contribution is -0.160. The first-order valence-corrected chi connectivity index (χ1v) is 12.6. The van der Waals surface area contributed by atoms with Crippen molar-refractivity contribution in [2.75, 3.05) is 5.75 Å². The summed E-state index contributed by atoms with van der Waals surface area (Å²) in [5.41, 5.74) is -1.63. The maximum Gasteiger partial charge on any atom is 0.407 e. The minimum atomic E-state index is -4.93. The van der Waals surface area contributed by atoms with Gasteiger partial charge in [-0.15, -0.1) is 0 Å². The van der Waals surface area contributed by atoms with Gasteiger partial charge in [-0.3, -0.25) is 10.1 Å². The fourth-order valence-electron chi connectivity index (χ4n) is 3.82. The number of carbonyl (C=O) groups excluding carboxylic acids is 1. The Morgan fingerprint density at radius 1 is 1.03 bits per heavy atom. The molecule has 0 aromatic heterocycles. The Bertz CT molecular complexity index is 1430. The van der Waals surface area contributed by atoms with Crippen LogP contribution in [0.15, 0.2) is 71.6 Å². The Morgan fingerprint density at radius 3 is 2.25 bits per heavy atom. The molecule has 188 valence electrons. The van der Waals surface area contributed by atoms with Gasteiger partial charge in [0.15, 0.2) is 9.84 Å². The summed E-state index contributed by atoms with van der Waals surface area (Å²) >= 11 is 0. The first-order chi connectivity index (χ1) is 16.9. The van der Waals surface area contributed by atoms with Crippen molar-refractivity contribution in [1.82, 2.24) is 10.6 Å². The predicted octanol–water partition coefficient (Wildman–Crippen LogP) is 4.19. The van der Waals surface area contributed by atoms with E-state index in [0.29, 0.717) is 18.2 Å². The number of halogens is 4. The fraction of sp³-hybridized carbons (Fsp3) is 0.280. The van der Waals surface area contributed by atoms with Gasteiger partial charge in [-0.25, -0.2) is 12.8 Å². The van der Waals surface area contributed by atoms with Crippen molar-refractivity contribution in [3.8, 4) is 6.07 Å². The fourth-order valence-corrected chi connectivity index (χ4v) is 5.29. The summed E-state index contributed by atoms with van der Waals surface area (Å²) in [7, 11) is -4.25. The molecule has 0 aliphatic heterocycles. The molecule has 1 amide bonds. The van der Waals surface area contributed by atoms with Gasteiger partial charge < -0.3 is 5.32 Å². The summed E-state index contributed by atoms with van der Waals surface area (Å²) in [4.78, 5) is 12.9. The molecule has 0 saturated heterocycles. The number of benzene rings is 3. The molecule has 3 aromatic rings. The molecule has 0 unspecified atom stereocenters. The van der Waals surface area contributed by atoms with Crippen molar-refractivity contribution in [3.63, 3.8) is 0 Å². The highest BCUT2D eigenvalue weighted by Crippen LogP contribution is 2.36. The molecular formula is C25H21F4N3O3S. The molecule has 0 radical (unpaired) electrons. The number of carbonyl (C=O) groups is 1. The van der Waals surface area contributed by atoms with E-state index in [-0.39, 0.29) is 4.90 Å². The highest BCUT2D eigenvalue weighted by molar-refractivity contribution is 7.91. The molecule has 3 aromatic carbocycles. The average Bonchev–Trinajstić information content (AvgIpc) is 3.61. The Morgan fingerprint density at radius 2 is 1.67 bits per heavy atom. The summed E-state index contributed by atoms with van der Waals surface area (Å²) < 4.78 is 81.8. The number of nitriles is 1. The molecule has 1 aliphatic carbocycles. The van der Waals surface area contributed by atoms with Crippen LogP contribution in [-0.2, 0) is 14.6 Å². The second-order valence-corrected chi connectivity index (χ2v) is 10.8. The number of hydrogen-bond donors (Lipinski definition) is 2. The van der Waals surface area contributed by atoms with Crippen molar-refractivity contribution in [2.24, 2.45) is 0 Å². The van der Waals surface area contributed by atoms with Gasteiger partial charge in [0.05, 0.1) is 16.7 Å². The van der Waals surface area contributed by atoms with Gasteiger partial charge in [0.1, 0.15) is 23.4 Å². The topological polar surface area (TPSA) is 99.1 Å². The van der Waals surface area contributed by atoms with E-state index >= 15 is 0 Å². The molecule has 1 fully saturated rings. The van der Waals surface area contributed by atoms with Gasteiger partial charge in [0, 0.05) is 0 Å². The molecule has 11 heteroatoms. The quantitative estimate of drug-likeness (QED) is 0.435. The number of nitrogens with one attached hydrogen (secondary N) is 2. The van der Waals surface area contributed by atoms with E-state index in [4.69, 9.17) is 0 Å². The number of amides is 1. The van der Waals surface area contributed by atoms with Crippen LogP contribution in [0.3, 0.4) is 0 Å². The maximum atomic E-state index is 14.0. The third-order valence-electron chi connectivity index (χ3n) is 6.01. The molecule has 1 aliphatic rings. The number of fused-ring (bicyclic) bond motifs is 1. The standard InChI is InChI=1S/C25H21F4N3O3S/c26-19-8-5-17(6-9-19)22(25(27,28)29)31-21(23(33)32-24(15-30)11-12-24)14-36(34,35)20-10-7-16-3-1-2-4-18(16)13-20/h1-10,13,21-22,31H,11-12,14H2,(H,32,33)/t21-,22-/m0/s1. The Labute approximate surface area is 204 Å². The third kappa shape index (κ3) is 5.66. The lowest BCUT2D eigenvalue weighted by Crippen LogP contribution is -2.54. The molecule has 2 N–H and O–H groups in total. The second-order valence-electron chi connectivity index (χ2n) is 8.72. The Kier molecular flexibility index (Phi) is 6.77. The maximum absolute atomic E-state index is 14.0. The second kappa shape index (κ2) is 9.52. The van der Waals surface area contributed by atoms with Crippen LogP contribution in [0.5, 0.6) is 0 Å². The zero-order valence-corrected chi connectivity index (χ0v) is 19.5. The monoisotopic (exact) mass is 519 g/mol. The van der Waals surface area contributed by atoms with E-state index in [1.165, 1.54) is 12.1 Å². The molecule has 36 heavy (non-hydrogen) atoms. The smallest absolute Gasteiger partial charge is 0.336 e. The van der Waals surface area contributed by atoms with Crippen LogP contribution in [0.1, 0.15) is 24.4 Å². The van der Waals surface area contributed by atoms with Gasteiger partial charge in [0.2, 0.25) is 5.91 Å². The highest BCUT2D eigenvalue weighted by atomic mass is 32.2. The molecular weight excluding hydrogens is 498 g/mol. The van der Waals surface area contributed by atoms with Crippen molar-refractivity contribution in [2.45, 2.75) is 41.5 Å². The Balaban J connectivity index is 1.68. The summed E-state index contributed by atoms with van der Waals surface area (Å²) in [5.74, 6) is -2.79. The molecule has 4 rings (SSSR count). The van der Waals surface area contributed by atoms with Crippen LogP contribution >= 0.6 is 0 Å². The molecule has 0 bridgehead atoms. The van der Waals surface area contributed by atoms with Crippen molar-refractivity contribution in [1.29, 1.82) is 5.26 Å². The minimum absolute atomic E-state index is 0.160. The predicted molar refractivity (Wildman–Crippen MR) is 124 cm³/mol. The molecule has 6 nitrogen and oxygen atoms in total. The van der Waals surface area contributed by atoms with Crippen LogP contribution in [0.2, 0.25) is 0 Å². The van der Waals surface area contributed by atoms with E-state index in [2.05, 4.69) is 10.6 Å². The zero-order valence-electron chi connectivity index (χ0n) is 18.7. The van der Waals surface area contributed by atoms with E-state index in [0.717, 1.165) is 29.7 Å². The van der Waals surface area contributed by atoms with E-state index in [1.54, 1.807) is 30.3 Å². The first-order valence-electron chi connectivity index (χ1n) is 11.0. The number of rotatable bonds is 8. The number of hydrogen-bond acceptors (Lipinski definition) is 5. The van der Waals surface area contributed by atoms with Crippen molar-refractivity contribution in [3.05, 3.63) is 78.1 Å². The normalized spacial score (nSPS) is 16.6. The van der Waals surface area contributed by atoms with Gasteiger partial charge in [-0.05, 0) is 53.4 Å². The third-order valence-corrected chi connectivity index (χ3v) is 7.75. The molecule has 0 heterocycles. The van der Waals surface area contributed by atoms with Crippen LogP contribution in [0.4, 0.5) is 17.6 Å². The van der Waals surface area contributed by atoms with Gasteiger partial charge in [-0.1, -0.05) is 42.5 Å². The van der Waals surface area contributed by atoms with E-state index in [1.807, 2.05) is 6.07 Å². The van der Waals surface area contributed by atoms with Crippen LogP contribution in [0, 0.1) is 17.1 Å². The van der Waals surface area contributed by atoms with Gasteiger partial charge >= 0.3 is 6.18 Å². The summed E-state index contributed by atoms with van der Waals surface area (Å²) in [6.45, 7) is 0. The summed E-state index contributed by atoms with van der Waals surface area (Å²) in [6.07, 6.45) is -4.32. The average molecular weight is 520 g/mol. The molecule has 1 saturated carbocycles. The number of alkyl halides is 3. The highest BCUT2D eigenvalue weighted by Gasteiger charge is 2.48. The number of sulfone groups is 1. The SMILES string of the molecule is N#CC1(NC(=O)[C@H](CS(=O)(=O)c2ccc3ccccc3c2)N[C@@H](c2ccc(F)cc2)C(F)(F)F)CC1. The van der Waals surface area contributed by atoms with Gasteiger partial charge in [-0.2, -0.15) is 18.4 Å². The molecule has 0 spiro atoms. The summed E-state index contributed by atoms with van der Waals surface area (Å²) in [5, 5.41) is 15.2. The van der Waals surface area contributed by atoms with Crippen LogP contribution < -0.4 is 10.6 Å². The van der Waals surface area contributed by atoms with Crippen LogP contribution in [-0.4, -0.2) is 37.8 Å². The van der Waals surface area contributed by atoms with Crippen molar-refractivity contribution < 1.29 is 30.8 Å². The van der Waals surface area contributed by atoms with Crippen molar-refractivity contribution >= 4 is 26.5 Å². The zero-order chi connectivity index (χ0) is 26.1. The Hall–Kier alpha value is -3.49.